The molecule has 0 N–H and O–H groups in total. The Labute approximate surface area is 218 Å². The second-order valence-corrected chi connectivity index (χ2v) is 8.03. The van der Waals surface area contributed by atoms with Crippen molar-refractivity contribution in [3.63, 3.8) is 0 Å². The second kappa shape index (κ2) is 11.6. The smallest absolute Gasteiger partial charge is 0.770 e. The van der Waals surface area contributed by atoms with E-state index in [1.165, 1.54) is 0 Å². The molecule has 0 aliphatic heterocycles. The molecule has 232 valence electrons. The van der Waals surface area contributed by atoms with Gasteiger partial charge < -0.3 is 9.11 Å². The van der Waals surface area contributed by atoms with Gasteiger partial charge in [-0.15, -0.1) is 0 Å². The summed E-state index contributed by atoms with van der Waals surface area (Å²) in [5.74, 6) is 0. The van der Waals surface area contributed by atoms with Crippen LogP contribution >= 0.6 is 0 Å². The summed E-state index contributed by atoms with van der Waals surface area (Å²) in [5.41, 5.74) is -15.3. The van der Waals surface area contributed by atoms with Crippen molar-refractivity contribution >= 4 is 45.2 Å². The fraction of sp³-hybridized carbons (Fsp3) is 1.00. The molecule has 0 spiro atoms. The van der Waals surface area contributed by atoms with E-state index in [9.17, 15) is 114 Å². The van der Waals surface area contributed by atoms with Crippen LogP contribution < -0.4 is 0 Å². The van der Waals surface area contributed by atoms with Crippen LogP contribution in [0, 0.1) is 0 Å². The predicted octanol–water partition coefficient (Wildman–Crippen LogP) is 5.47. The van der Waals surface area contributed by atoms with Gasteiger partial charge in [0.25, 0.3) is 0 Å². The molecule has 0 rings (SSSR count). The number of rotatable bonds is 4. The standard InChI is InChI=1S/2C5HF11O2S.Mg/c2*6-1(3(8,9)10,4(11,12)13)2(7,19(17)18)5(14,15)16;/h2*(H,17,18);/q;;+2/p-2. The first-order chi connectivity index (χ1) is 15.9. The molecule has 0 fully saturated rings. The largest absolute Gasteiger partial charge is 2.00 e. The van der Waals surface area contributed by atoms with Crippen LogP contribution in [0.2, 0.25) is 0 Å². The zero-order valence-corrected chi connectivity index (χ0v) is 19.5. The van der Waals surface area contributed by atoms with Gasteiger partial charge in [-0.1, -0.05) is 0 Å². The SMILES string of the molecule is O=S([O-])C(F)(C(F)(F)F)C(F)(C(F)(F)F)C(F)(F)F.O=S([O-])C(F)(C(F)(F)F)C(F)(C(F)(F)F)C(F)(F)F.[Mg+2]. The molecular weight excluding hydrogens is 691 g/mol. The second-order valence-electron chi connectivity index (χ2n) is 5.96. The first-order valence-corrected chi connectivity index (χ1v) is 9.38. The molecular formula is C10F22MgO4S2. The van der Waals surface area contributed by atoms with Gasteiger partial charge >= 0.3 is 81.4 Å². The van der Waals surface area contributed by atoms with Crippen LogP contribution in [0.5, 0.6) is 0 Å². The zero-order chi connectivity index (χ0) is 32.2. The minimum Gasteiger partial charge on any atom is -0.770 e. The minimum absolute atomic E-state index is 0. The quantitative estimate of drug-likeness (QED) is 0.223. The molecule has 4 atom stereocenters. The Morgan fingerprint density at radius 3 is 0.487 bits per heavy atom. The summed E-state index contributed by atoms with van der Waals surface area (Å²) in [6.45, 7) is 0. The van der Waals surface area contributed by atoms with Gasteiger partial charge in [0, 0.05) is 0 Å². The predicted molar refractivity (Wildman–Crippen MR) is 75.3 cm³/mol. The van der Waals surface area contributed by atoms with Crippen LogP contribution in [0.3, 0.4) is 0 Å². The van der Waals surface area contributed by atoms with E-state index in [0.29, 0.717) is 0 Å². The normalized spacial score (nSPS) is 19.5. The third kappa shape index (κ3) is 6.76. The van der Waals surface area contributed by atoms with Gasteiger partial charge in [-0.05, 0) is 22.2 Å². The fourth-order valence-electron chi connectivity index (χ4n) is 1.86. The van der Waals surface area contributed by atoms with E-state index in [-0.39, 0.29) is 23.1 Å². The van der Waals surface area contributed by atoms with Crippen molar-refractivity contribution in [3.8, 4) is 0 Å². The molecule has 0 radical (unpaired) electrons. The van der Waals surface area contributed by atoms with E-state index in [0.717, 1.165) is 0 Å². The third-order valence-electron chi connectivity index (χ3n) is 3.64. The average molecular weight is 691 g/mol. The number of halogens is 22. The van der Waals surface area contributed by atoms with Gasteiger partial charge in [-0.25, -0.2) is 17.6 Å². The maximum absolute atomic E-state index is 12.9. The van der Waals surface area contributed by atoms with Crippen LogP contribution in [0.4, 0.5) is 96.6 Å². The van der Waals surface area contributed by atoms with Gasteiger partial charge in [-0.3, -0.25) is 8.42 Å². The van der Waals surface area contributed by atoms with Crippen LogP contribution in [-0.4, -0.2) is 99.0 Å². The van der Waals surface area contributed by atoms with Gasteiger partial charge in [0.2, 0.25) is 0 Å². The Morgan fingerprint density at radius 2 is 0.462 bits per heavy atom. The Balaban J connectivity index is -0.000000648. The Morgan fingerprint density at radius 1 is 0.333 bits per heavy atom. The fourth-order valence-corrected chi connectivity index (χ4v) is 3.16. The summed E-state index contributed by atoms with van der Waals surface area (Å²) in [6, 6.07) is 0. The Bertz CT molecular complexity index is 784. The number of alkyl halides is 22. The molecule has 0 aromatic heterocycles. The third-order valence-corrected chi connectivity index (χ3v) is 5.58. The van der Waals surface area contributed by atoms with E-state index in [2.05, 4.69) is 0 Å². The molecule has 0 aromatic carbocycles. The summed E-state index contributed by atoms with van der Waals surface area (Å²) in [4.78, 5) is 0. The van der Waals surface area contributed by atoms with Crippen molar-refractivity contribution in [2.75, 3.05) is 0 Å². The minimum atomic E-state index is -7.67. The molecule has 0 aliphatic carbocycles. The number of hydrogen-bond donors (Lipinski definition) is 0. The van der Waals surface area contributed by atoms with E-state index in [1.54, 1.807) is 0 Å². The molecule has 0 aromatic rings. The average Bonchev–Trinajstić information content (AvgIpc) is 2.59. The molecule has 39 heavy (non-hydrogen) atoms. The monoisotopic (exact) mass is 690 g/mol. The van der Waals surface area contributed by atoms with E-state index in [1.807, 2.05) is 0 Å². The molecule has 0 heterocycles. The van der Waals surface area contributed by atoms with Crippen molar-refractivity contribution in [1.29, 1.82) is 0 Å². The van der Waals surface area contributed by atoms with Crippen LogP contribution in [0.15, 0.2) is 0 Å². The zero-order valence-electron chi connectivity index (χ0n) is 16.5. The molecule has 0 aliphatic rings. The maximum Gasteiger partial charge on any atom is 2.00 e. The van der Waals surface area contributed by atoms with Crippen molar-refractivity contribution in [1.82, 2.24) is 0 Å². The van der Waals surface area contributed by atoms with Gasteiger partial charge in [0.05, 0.1) is 0 Å². The van der Waals surface area contributed by atoms with Gasteiger partial charge in [0.15, 0.2) is 0 Å². The van der Waals surface area contributed by atoms with Crippen molar-refractivity contribution in [2.45, 2.75) is 58.4 Å². The summed E-state index contributed by atoms with van der Waals surface area (Å²) in [5, 5.41) is -14.5. The molecule has 4 nitrogen and oxygen atoms in total. The van der Waals surface area contributed by atoms with Crippen LogP contribution in [-0.2, 0) is 22.2 Å². The summed E-state index contributed by atoms with van der Waals surface area (Å²) >= 11 is -11.5. The maximum atomic E-state index is 12.9. The molecule has 0 bridgehead atoms. The molecule has 0 amide bonds. The van der Waals surface area contributed by atoms with Gasteiger partial charge in [0.1, 0.15) is 0 Å². The molecule has 0 saturated heterocycles. The van der Waals surface area contributed by atoms with E-state index in [4.69, 9.17) is 0 Å². The van der Waals surface area contributed by atoms with Crippen LogP contribution in [0.25, 0.3) is 0 Å². The van der Waals surface area contributed by atoms with Crippen molar-refractivity contribution in [2.24, 2.45) is 0 Å². The topological polar surface area (TPSA) is 80.3 Å². The van der Waals surface area contributed by atoms with E-state index >= 15 is 0 Å². The first-order valence-electron chi connectivity index (χ1n) is 7.23. The Hall–Kier alpha value is -0.554. The summed E-state index contributed by atoms with van der Waals surface area (Å²) in [6.07, 6.45) is -44.7. The summed E-state index contributed by atoms with van der Waals surface area (Å²) < 4.78 is 305. The van der Waals surface area contributed by atoms with E-state index < -0.39 is 80.6 Å². The summed E-state index contributed by atoms with van der Waals surface area (Å²) in [7, 11) is 0. The molecule has 4 unspecified atom stereocenters. The van der Waals surface area contributed by atoms with Gasteiger partial charge in [-0.2, -0.15) is 79.0 Å². The Kier molecular flexibility index (Phi) is 12.8. The first kappa shape index (κ1) is 42.9. The van der Waals surface area contributed by atoms with Crippen molar-refractivity contribution < 1.29 is 114 Å². The molecule has 29 heteroatoms. The van der Waals surface area contributed by atoms with Crippen LogP contribution in [0.1, 0.15) is 0 Å². The van der Waals surface area contributed by atoms with Crippen molar-refractivity contribution in [3.05, 3.63) is 0 Å². The number of hydrogen-bond acceptors (Lipinski definition) is 4. The molecule has 0 saturated carbocycles.